The summed E-state index contributed by atoms with van der Waals surface area (Å²) in [6.45, 7) is 11.1. The van der Waals surface area contributed by atoms with Crippen LogP contribution >= 0.6 is 0 Å². The maximum absolute atomic E-state index is 7.06. The van der Waals surface area contributed by atoms with Gasteiger partial charge in [0.05, 0.1) is 45.0 Å². The fraction of sp³-hybridized carbons (Fsp3) is 0.122. The van der Waals surface area contributed by atoms with Gasteiger partial charge in [0.2, 0.25) is 0 Å². The maximum Gasteiger partial charge on any atom is 0.0654 e. The van der Waals surface area contributed by atoms with Crippen molar-refractivity contribution in [3.63, 3.8) is 0 Å². The highest BCUT2D eigenvalue weighted by molar-refractivity contribution is 6.29. The minimum absolute atomic E-state index is 0.0778. The Bertz CT molecular complexity index is 5030. The third kappa shape index (κ3) is 8.32. The molecule has 87 heavy (non-hydrogen) atoms. The first-order chi connectivity index (χ1) is 42.7. The van der Waals surface area contributed by atoms with Gasteiger partial charge in [0.15, 0.2) is 0 Å². The number of hydrogen-bond acceptors (Lipinski definition) is 3. The molecule has 5 heteroatoms. The van der Waals surface area contributed by atoms with E-state index in [1.807, 2.05) is 6.92 Å². The molecule has 10 aromatic carbocycles. The Hall–Kier alpha value is -10.2. The Morgan fingerprint density at radius 2 is 1.03 bits per heavy atom. The molecule has 0 spiro atoms. The van der Waals surface area contributed by atoms with Crippen LogP contribution in [0.25, 0.3) is 98.9 Å². The van der Waals surface area contributed by atoms with Gasteiger partial charge >= 0.3 is 0 Å². The molecule has 1 aliphatic heterocycles. The molecule has 0 amide bonds. The summed E-state index contributed by atoms with van der Waals surface area (Å²) in [5.74, 6) is 0.126. The summed E-state index contributed by atoms with van der Waals surface area (Å²) in [4.78, 5) is 5.14. The SMILES string of the molecule is C/C=C\C=C/C(N)C1C=C(N(C2=C3c4cccc5c6cc7c(cc6n(c45)C3CC=C2)c2cccc3c4c(N(c5cc(-c6ccccc6)ccc5C)c5cc(-c6ccccc6)ccc5C)cccc4n7c23)c2cc(-c3ccccc3)ccc2C)C(C)=CC1. The number of nitrogens with zero attached hydrogens (tertiary/aromatic N) is 4. The lowest BCUT2D eigenvalue weighted by molar-refractivity contribution is 0.570. The predicted octanol–water partition coefficient (Wildman–Crippen LogP) is 21.4. The second kappa shape index (κ2) is 20.8. The van der Waals surface area contributed by atoms with Crippen LogP contribution in [0.15, 0.2) is 278 Å². The van der Waals surface area contributed by atoms with E-state index < -0.39 is 0 Å². The van der Waals surface area contributed by atoms with E-state index in [9.17, 15) is 0 Å². The van der Waals surface area contributed by atoms with Gasteiger partial charge in [-0.2, -0.15) is 0 Å². The normalized spacial score (nSPS) is 16.2. The van der Waals surface area contributed by atoms with Crippen molar-refractivity contribution in [3.05, 3.63) is 300 Å². The summed E-state index contributed by atoms with van der Waals surface area (Å²) >= 11 is 0. The molecule has 0 saturated heterocycles. The number of hydrogen-bond donors (Lipinski definition) is 1. The molecule has 2 aliphatic carbocycles. The van der Waals surface area contributed by atoms with Crippen LogP contribution in [0.5, 0.6) is 0 Å². The summed E-state index contributed by atoms with van der Waals surface area (Å²) < 4.78 is 5.28. The zero-order chi connectivity index (χ0) is 58.6. The quantitative estimate of drug-likeness (QED) is 0.124. The number of para-hydroxylation sites is 2. The van der Waals surface area contributed by atoms with Crippen molar-refractivity contribution in [2.45, 2.75) is 59.5 Å². The third-order valence-electron chi connectivity index (χ3n) is 19.1. The Kier molecular flexibility index (Phi) is 12.5. The molecule has 5 nitrogen and oxygen atoms in total. The predicted molar refractivity (Wildman–Crippen MR) is 370 cm³/mol. The molecule has 0 bridgehead atoms. The first-order valence-corrected chi connectivity index (χ1v) is 30.8. The van der Waals surface area contributed by atoms with Crippen molar-refractivity contribution in [2.75, 3.05) is 9.80 Å². The largest absolute Gasteiger partial charge is 0.332 e. The van der Waals surface area contributed by atoms with Crippen molar-refractivity contribution in [1.82, 2.24) is 8.97 Å². The average molecular weight is 1120 g/mol. The van der Waals surface area contributed by atoms with Crippen LogP contribution in [0.1, 0.15) is 55.0 Å². The van der Waals surface area contributed by atoms with Crippen molar-refractivity contribution < 1.29 is 0 Å². The summed E-state index contributed by atoms with van der Waals surface area (Å²) in [7, 11) is 0. The van der Waals surface area contributed by atoms with Crippen molar-refractivity contribution >= 4 is 88.2 Å². The molecule has 0 radical (unpaired) electrons. The van der Waals surface area contributed by atoms with E-state index in [2.05, 4.69) is 307 Å². The van der Waals surface area contributed by atoms with E-state index in [1.54, 1.807) is 0 Å². The molecule has 3 unspecified atom stereocenters. The van der Waals surface area contributed by atoms with Crippen LogP contribution in [-0.2, 0) is 0 Å². The van der Waals surface area contributed by atoms with Gasteiger partial charge in [-0.3, -0.25) is 0 Å². The zero-order valence-corrected chi connectivity index (χ0v) is 49.8. The molecular formula is C82H67N5. The Balaban J connectivity index is 0.904. The van der Waals surface area contributed by atoms with Gasteiger partial charge in [-0.25, -0.2) is 0 Å². The van der Waals surface area contributed by atoms with Gasteiger partial charge < -0.3 is 24.5 Å². The lowest BCUT2D eigenvalue weighted by atomic mass is 9.86. The van der Waals surface area contributed by atoms with Gasteiger partial charge in [0.1, 0.15) is 0 Å². The highest BCUT2D eigenvalue weighted by Crippen LogP contribution is 2.55. The van der Waals surface area contributed by atoms with Crippen LogP contribution in [0.3, 0.4) is 0 Å². The summed E-state index contributed by atoms with van der Waals surface area (Å²) in [6, 6.07) is 79.2. The van der Waals surface area contributed by atoms with E-state index in [4.69, 9.17) is 5.73 Å². The number of anilines is 4. The Morgan fingerprint density at radius 3 is 1.66 bits per heavy atom. The fourth-order valence-electron chi connectivity index (χ4n) is 14.8. The minimum atomic E-state index is -0.136. The number of rotatable bonds is 12. The molecule has 16 rings (SSSR count). The lowest BCUT2D eigenvalue weighted by Gasteiger charge is -2.37. The van der Waals surface area contributed by atoms with Crippen molar-refractivity contribution in [3.8, 4) is 33.4 Å². The topological polar surface area (TPSA) is 41.8 Å². The van der Waals surface area contributed by atoms with Gasteiger partial charge in [-0.1, -0.05) is 212 Å². The van der Waals surface area contributed by atoms with E-state index >= 15 is 0 Å². The van der Waals surface area contributed by atoms with Gasteiger partial charge in [0, 0.05) is 78.2 Å². The monoisotopic (exact) mass is 1120 g/mol. The molecule has 4 heterocycles. The molecule has 420 valence electrons. The first-order valence-electron chi connectivity index (χ1n) is 30.8. The smallest absolute Gasteiger partial charge is 0.0654 e. The lowest BCUT2D eigenvalue weighted by Crippen LogP contribution is -2.32. The van der Waals surface area contributed by atoms with E-state index in [0.29, 0.717) is 0 Å². The molecular weight excluding hydrogens is 1050 g/mol. The minimum Gasteiger partial charge on any atom is -0.332 e. The average Bonchev–Trinajstić information content (AvgIpc) is 1.57. The third-order valence-corrected chi connectivity index (χ3v) is 19.1. The van der Waals surface area contributed by atoms with Crippen LogP contribution < -0.4 is 15.5 Å². The molecule has 0 saturated carbocycles. The standard InChI is InChI=1S/C82H67N5/c1-6-7-11-32-68(83)61-44-40-54(5)76(48-61)85(75-47-60(43-39-53(75)4)57-26-16-10-17-27-57)70-34-21-36-72-80(70)65-31-19-29-63-67-49-77-66(50-78(67)87(72)82(63)65)62-28-18-30-64-79-69(33-20-35-71(79)86(77)81(62)64)84(73-45-58(41-37-51(73)2)55-22-12-8-13-23-55)74-46-59(42-38-52(74)3)56-24-14-9-15-25-56/h6-35,37-43,45-50,61,68,72H,36,44,83H2,1-5H3/b7-6-,32-11-. The van der Waals surface area contributed by atoms with Crippen molar-refractivity contribution in [1.29, 1.82) is 0 Å². The van der Waals surface area contributed by atoms with Gasteiger partial charge in [-0.15, -0.1) is 0 Å². The summed E-state index contributed by atoms with van der Waals surface area (Å²) in [6.07, 6.45) is 19.8. The summed E-state index contributed by atoms with van der Waals surface area (Å²) in [5, 5.41) is 7.58. The second-order valence-corrected chi connectivity index (χ2v) is 24.2. The number of aryl methyl sites for hydroxylation is 3. The van der Waals surface area contributed by atoms with Crippen LogP contribution in [0.4, 0.5) is 22.7 Å². The number of aromatic nitrogens is 2. The Labute approximate surface area is 508 Å². The Morgan fingerprint density at radius 1 is 0.483 bits per heavy atom. The van der Waals surface area contributed by atoms with Crippen LogP contribution in [0, 0.1) is 26.7 Å². The number of fused-ring (bicyclic) bond motifs is 12. The number of allylic oxidation sites excluding steroid dienone is 8. The molecule has 3 aliphatic rings. The highest BCUT2D eigenvalue weighted by atomic mass is 15.2. The number of benzene rings is 10. The summed E-state index contributed by atoms with van der Waals surface area (Å²) in [5.41, 5.74) is 35.0. The molecule has 3 atom stereocenters. The highest BCUT2D eigenvalue weighted by Gasteiger charge is 2.38. The molecule has 0 fully saturated rings. The first kappa shape index (κ1) is 52.4. The van der Waals surface area contributed by atoms with Crippen LogP contribution in [0.2, 0.25) is 0 Å². The fourth-order valence-corrected chi connectivity index (χ4v) is 14.8. The molecule has 2 N–H and O–H groups in total. The van der Waals surface area contributed by atoms with Gasteiger partial charge in [0.25, 0.3) is 0 Å². The van der Waals surface area contributed by atoms with Gasteiger partial charge in [-0.05, 0) is 152 Å². The van der Waals surface area contributed by atoms with E-state index in [-0.39, 0.29) is 18.0 Å². The molecule has 3 aromatic heterocycles. The zero-order valence-electron chi connectivity index (χ0n) is 49.8. The van der Waals surface area contributed by atoms with Crippen molar-refractivity contribution in [2.24, 2.45) is 11.7 Å². The van der Waals surface area contributed by atoms with E-state index in [1.165, 1.54) is 144 Å². The maximum atomic E-state index is 7.06. The van der Waals surface area contributed by atoms with Crippen LogP contribution in [-0.4, -0.2) is 15.0 Å². The second-order valence-electron chi connectivity index (χ2n) is 24.2. The van der Waals surface area contributed by atoms with E-state index in [0.717, 1.165) is 29.9 Å². The number of nitrogens with two attached hydrogens (primary N) is 1. The molecule has 13 aromatic rings.